The summed E-state index contributed by atoms with van der Waals surface area (Å²) in [6.07, 6.45) is 4.39. The third-order valence-electron chi connectivity index (χ3n) is 5.60. The Balaban J connectivity index is 0.00000182. The third kappa shape index (κ3) is 2.61. The standard InChI is InChI=1S/C21H25NO2.ClH/c1-3-6-16-14-7-5-8-15-19-13(9-10-18(23)21(19)24)12-17(20(14)15)22(16)11-4-2;/h5,7-10,16-17,23-24H,3-4,6,11-12H2,1-2H3;1H/t16-,17+;/m0./s1. The van der Waals surface area contributed by atoms with Gasteiger partial charge in [-0.3, -0.25) is 4.90 Å². The lowest BCUT2D eigenvalue weighted by molar-refractivity contribution is 0.151. The molecule has 0 saturated heterocycles. The zero-order chi connectivity index (χ0) is 16.8. The van der Waals surface area contributed by atoms with E-state index >= 15 is 0 Å². The summed E-state index contributed by atoms with van der Waals surface area (Å²) in [5.74, 6) is -0.00124. The van der Waals surface area contributed by atoms with Crippen molar-refractivity contribution in [3.05, 3.63) is 47.0 Å². The van der Waals surface area contributed by atoms with Gasteiger partial charge in [0, 0.05) is 17.6 Å². The van der Waals surface area contributed by atoms with Crippen LogP contribution in [0.3, 0.4) is 0 Å². The molecule has 0 bridgehead atoms. The Morgan fingerprint density at radius 3 is 2.60 bits per heavy atom. The van der Waals surface area contributed by atoms with Crippen LogP contribution in [0.1, 0.15) is 61.9 Å². The number of aromatic hydroxyl groups is 2. The first-order valence-corrected chi connectivity index (χ1v) is 9.10. The highest BCUT2D eigenvalue weighted by atomic mass is 35.5. The van der Waals surface area contributed by atoms with E-state index in [1.807, 2.05) is 6.07 Å². The number of rotatable bonds is 4. The van der Waals surface area contributed by atoms with E-state index < -0.39 is 0 Å². The summed E-state index contributed by atoms with van der Waals surface area (Å²) in [4.78, 5) is 2.66. The van der Waals surface area contributed by atoms with Crippen LogP contribution in [0.25, 0.3) is 11.1 Å². The van der Waals surface area contributed by atoms with E-state index in [1.165, 1.54) is 24.0 Å². The van der Waals surface area contributed by atoms with Crippen molar-refractivity contribution in [1.29, 1.82) is 0 Å². The Kier molecular flexibility index (Phi) is 4.99. The van der Waals surface area contributed by atoms with E-state index in [0.717, 1.165) is 36.1 Å². The second-order valence-electron chi connectivity index (χ2n) is 7.04. The zero-order valence-electron chi connectivity index (χ0n) is 14.8. The maximum Gasteiger partial charge on any atom is 0.165 e. The summed E-state index contributed by atoms with van der Waals surface area (Å²) in [6.45, 7) is 5.59. The van der Waals surface area contributed by atoms with E-state index in [1.54, 1.807) is 6.07 Å². The lowest BCUT2D eigenvalue weighted by Crippen LogP contribution is -2.29. The molecular formula is C21H26ClNO2. The molecule has 4 heteroatoms. The molecule has 2 aromatic carbocycles. The lowest BCUT2D eigenvalue weighted by Gasteiger charge is -2.33. The van der Waals surface area contributed by atoms with Crippen molar-refractivity contribution in [2.75, 3.05) is 6.54 Å². The molecule has 2 aromatic rings. The fourth-order valence-electron chi connectivity index (χ4n) is 4.71. The second-order valence-corrected chi connectivity index (χ2v) is 7.04. The fraction of sp³-hybridized carbons (Fsp3) is 0.429. The molecule has 0 spiro atoms. The summed E-state index contributed by atoms with van der Waals surface area (Å²) < 4.78 is 0. The van der Waals surface area contributed by atoms with E-state index in [2.05, 4.69) is 36.9 Å². The molecule has 1 aliphatic heterocycles. The maximum absolute atomic E-state index is 10.5. The SMILES string of the molecule is CCC[C@H]1c2cccc3c2[C@@H](Cc2ccc(O)c(O)c2-3)N1CCC.Cl. The van der Waals surface area contributed by atoms with Gasteiger partial charge >= 0.3 is 0 Å². The summed E-state index contributed by atoms with van der Waals surface area (Å²) in [5.41, 5.74) is 5.86. The van der Waals surface area contributed by atoms with Gasteiger partial charge in [-0.2, -0.15) is 0 Å². The molecule has 0 radical (unpaired) electrons. The minimum absolute atomic E-state index is 0. The molecule has 134 valence electrons. The fourth-order valence-corrected chi connectivity index (χ4v) is 4.71. The predicted molar refractivity (Wildman–Crippen MR) is 104 cm³/mol. The van der Waals surface area contributed by atoms with Crippen LogP contribution in [0.5, 0.6) is 11.5 Å². The van der Waals surface area contributed by atoms with Crippen molar-refractivity contribution in [2.45, 2.75) is 51.6 Å². The van der Waals surface area contributed by atoms with Gasteiger partial charge in [-0.05, 0) is 54.1 Å². The monoisotopic (exact) mass is 359 g/mol. The molecule has 25 heavy (non-hydrogen) atoms. The molecule has 0 unspecified atom stereocenters. The highest BCUT2D eigenvalue weighted by Crippen LogP contribution is 2.55. The molecule has 1 aliphatic carbocycles. The van der Waals surface area contributed by atoms with Gasteiger partial charge in [-0.15, -0.1) is 12.4 Å². The van der Waals surface area contributed by atoms with Crippen molar-refractivity contribution >= 4 is 12.4 Å². The maximum atomic E-state index is 10.5. The van der Waals surface area contributed by atoms with Crippen LogP contribution in [0.4, 0.5) is 0 Å². The molecule has 2 atom stereocenters. The van der Waals surface area contributed by atoms with Gasteiger partial charge in [-0.25, -0.2) is 0 Å². The average Bonchev–Trinajstić information content (AvgIpc) is 2.87. The normalized spacial score (nSPS) is 20.7. The highest BCUT2D eigenvalue weighted by molar-refractivity contribution is 5.85. The van der Waals surface area contributed by atoms with Crippen molar-refractivity contribution in [2.24, 2.45) is 0 Å². The summed E-state index contributed by atoms with van der Waals surface area (Å²) >= 11 is 0. The van der Waals surface area contributed by atoms with Gasteiger partial charge < -0.3 is 10.2 Å². The third-order valence-corrected chi connectivity index (χ3v) is 5.60. The van der Waals surface area contributed by atoms with Gasteiger partial charge in [0.15, 0.2) is 11.5 Å². The molecule has 0 aromatic heterocycles. The van der Waals surface area contributed by atoms with E-state index in [-0.39, 0.29) is 23.9 Å². The lowest BCUT2D eigenvalue weighted by atomic mass is 9.81. The van der Waals surface area contributed by atoms with Gasteiger partial charge in [0.1, 0.15) is 0 Å². The summed E-state index contributed by atoms with van der Waals surface area (Å²) in [6, 6.07) is 10.9. The Morgan fingerprint density at radius 1 is 1.08 bits per heavy atom. The van der Waals surface area contributed by atoms with Crippen LogP contribution in [-0.4, -0.2) is 21.7 Å². The number of nitrogens with zero attached hydrogens (tertiary/aromatic N) is 1. The molecule has 2 aliphatic rings. The van der Waals surface area contributed by atoms with Crippen LogP contribution in [-0.2, 0) is 6.42 Å². The zero-order valence-corrected chi connectivity index (χ0v) is 15.6. The largest absolute Gasteiger partial charge is 0.504 e. The van der Waals surface area contributed by atoms with Crippen molar-refractivity contribution < 1.29 is 10.2 Å². The average molecular weight is 360 g/mol. The molecule has 0 amide bonds. The molecule has 0 fully saturated rings. The van der Waals surface area contributed by atoms with Crippen molar-refractivity contribution in [1.82, 2.24) is 4.90 Å². The van der Waals surface area contributed by atoms with E-state index in [0.29, 0.717) is 12.1 Å². The van der Waals surface area contributed by atoms with Crippen LogP contribution in [0.2, 0.25) is 0 Å². The Morgan fingerprint density at radius 2 is 1.88 bits per heavy atom. The minimum Gasteiger partial charge on any atom is -0.504 e. The highest BCUT2D eigenvalue weighted by Gasteiger charge is 2.42. The first kappa shape index (κ1) is 18.1. The van der Waals surface area contributed by atoms with Gasteiger partial charge in [-0.1, -0.05) is 44.5 Å². The number of benzene rings is 2. The topological polar surface area (TPSA) is 43.7 Å². The quantitative estimate of drug-likeness (QED) is 0.723. The number of fused-ring (bicyclic) bond motifs is 2. The van der Waals surface area contributed by atoms with Gasteiger partial charge in [0.05, 0.1) is 0 Å². The summed E-state index contributed by atoms with van der Waals surface area (Å²) in [7, 11) is 0. The molecule has 4 rings (SSSR count). The van der Waals surface area contributed by atoms with Crippen LogP contribution >= 0.6 is 12.4 Å². The first-order valence-electron chi connectivity index (χ1n) is 9.10. The van der Waals surface area contributed by atoms with Crippen LogP contribution in [0.15, 0.2) is 30.3 Å². The van der Waals surface area contributed by atoms with Crippen LogP contribution < -0.4 is 0 Å². The number of hydrogen-bond acceptors (Lipinski definition) is 3. The number of hydrogen-bond donors (Lipinski definition) is 2. The Bertz CT molecular complexity index is 790. The molecular weight excluding hydrogens is 334 g/mol. The first-order chi connectivity index (χ1) is 11.7. The molecule has 1 heterocycles. The minimum atomic E-state index is -0.0293. The summed E-state index contributed by atoms with van der Waals surface area (Å²) in [5, 5.41) is 20.4. The van der Waals surface area contributed by atoms with Gasteiger partial charge in [0.25, 0.3) is 0 Å². The molecule has 3 nitrogen and oxygen atoms in total. The Labute approximate surface area is 155 Å². The van der Waals surface area contributed by atoms with E-state index in [9.17, 15) is 10.2 Å². The van der Waals surface area contributed by atoms with E-state index in [4.69, 9.17) is 0 Å². The smallest absolute Gasteiger partial charge is 0.165 e. The predicted octanol–water partition coefficient (Wildman–Crippen LogP) is 5.35. The molecule has 2 N–H and O–H groups in total. The number of halogens is 1. The van der Waals surface area contributed by atoms with Gasteiger partial charge in [0.2, 0.25) is 0 Å². The number of phenolic OH excluding ortho intramolecular Hbond substituents is 2. The number of phenols is 2. The Hall–Kier alpha value is -1.71. The van der Waals surface area contributed by atoms with Crippen molar-refractivity contribution in [3.8, 4) is 22.6 Å². The van der Waals surface area contributed by atoms with Crippen molar-refractivity contribution in [3.63, 3.8) is 0 Å². The molecule has 0 saturated carbocycles. The second kappa shape index (κ2) is 6.89. The van der Waals surface area contributed by atoms with Crippen LogP contribution in [0, 0.1) is 0 Å².